The lowest BCUT2D eigenvalue weighted by atomic mass is 10.0. The van der Waals surface area contributed by atoms with Gasteiger partial charge in [0.05, 0.1) is 5.69 Å². The molecule has 1 aromatic carbocycles. The third-order valence-corrected chi connectivity index (χ3v) is 3.97. The molecule has 0 saturated carbocycles. The fraction of sp³-hybridized carbons (Fsp3) is 0.389. The van der Waals surface area contributed by atoms with Crippen LogP contribution in [0.15, 0.2) is 24.3 Å². The molecule has 2 rings (SSSR count). The summed E-state index contributed by atoms with van der Waals surface area (Å²) in [6, 6.07) is 10.1. The monoisotopic (exact) mass is 324 g/mol. The molecule has 0 bridgehead atoms. The third-order valence-electron chi connectivity index (χ3n) is 3.97. The van der Waals surface area contributed by atoms with Crippen molar-refractivity contribution in [3.63, 3.8) is 0 Å². The summed E-state index contributed by atoms with van der Waals surface area (Å²) < 4.78 is 0. The predicted octanol–water partition coefficient (Wildman–Crippen LogP) is 2.80. The number of aromatic nitrogens is 2. The van der Waals surface area contributed by atoms with E-state index in [4.69, 9.17) is 11.5 Å². The molecule has 0 unspecified atom stereocenters. The van der Waals surface area contributed by atoms with Crippen LogP contribution in [0.5, 0.6) is 0 Å². The fourth-order valence-corrected chi connectivity index (χ4v) is 2.57. The number of hydrogen-bond acceptors (Lipinski definition) is 6. The van der Waals surface area contributed by atoms with Gasteiger partial charge in [-0.05, 0) is 25.1 Å². The fourth-order valence-electron chi connectivity index (χ4n) is 2.57. The standard InChI is InChI=1S/C18H24N6/c1-3-5-10-24(4-2)12-13-6-8-14(9-7-13)16-15(11-19)17(20)23-18(21)22-16/h6-9H,3-5,10,12H2,1-2H3,(H4,20,21,22,23). The molecule has 0 aliphatic carbocycles. The van der Waals surface area contributed by atoms with Gasteiger partial charge >= 0.3 is 0 Å². The van der Waals surface area contributed by atoms with Crippen molar-refractivity contribution in [2.24, 2.45) is 0 Å². The van der Waals surface area contributed by atoms with Gasteiger partial charge < -0.3 is 11.5 Å². The van der Waals surface area contributed by atoms with Crippen molar-refractivity contribution in [2.75, 3.05) is 24.6 Å². The van der Waals surface area contributed by atoms with Gasteiger partial charge in [-0.25, -0.2) is 4.98 Å². The second-order valence-corrected chi connectivity index (χ2v) is 5.72. The Bertz CT molecular complexity index is 718. The van der Waals surface area contributed by atoms with Gasteiger partial charge in [0.15, 0.2) is 0 Å². The van der Waals surface area contributed by atoms with Gasteiger partial charge in [-0.15, -0.1) is 0 Å². The summed E-state index contributed by atoms with van der Waals surface area (Å²) >= 11 is 0. The Hall–Kier alpha value is -2.65. The molecule has 6 nitrogen and oxygen atoms in total. The molecule has 0 aliphatic rings. The number of hydrogen-bond donors (Lipinski definition) is 2. The Labute approximate surface area is 143 Å². The maximum Gasteiger partial charge on any atom is 0.222 e. The van der Waals surface area contributed by atoms with Crippen LogP contribution in [-0.2, 0) is 6.54 Å². The second-order valence-electron chi connectivity index (χ2n) is 5.72. The van der Waals surface area contributed by atoms with Gasteiger partial charge in [-0.1, -0.05) is 44.5 Å². The summed E-state index contributed by atoms with van der Waals surface area (Å²) in [5.74, 6) is 0.183. The van der Waals surface area contributed by atoms with E-state index in [9.17, 15) is 5.26 Å². The molecule has 0 spiro atoms. The zero-order chi connectivity index (χ0) is 17.5. The number of anilines is 2. The van der Waals surface area contributed by atoms with Crippen molar-refractivity contribution >= 4 is 11.8 Å². The van der Waals surface area contributed by atoms with E-state index in [0.29, 0.717) is 5.69 Å². The van der Waals surface area contributed by atoms with Crippen molar-refractivity contribution < 1.29 is 0 Å². The van der Waals surface area contributed by atoms with Crippen LogP contribution in [0.25, 0.3) is 11.3 Å². The minimum absolute atomic E-state index is 0.0716. The van der Waals surface area contributed by atoms with Crippen molar-refractivity contribution in [1.82, 2.24) is 14.9 Å². The molecule has 126 valence electrons. The number of nitriles is 1. The SMILES string of the molecule is CCCCN(CC)Cc1ccc(-c2nc(N)nc(N)c2C#N)cc1. The smallest absolute Gasteiger partial charge is 0.222 e. The topological polar surface area (TPSA) is 105 Å². The van der Waals surface area contributed by atoms with Crippen molar-refractivity contribution in [3.05, 3.63) is 35.4 Å². The van der Waals surface area contributed by atoms with Crippen LogP contribution < -0.4 is 11.5 Å². The average Bonchev–Trinajstić information content (AvgIpc) is 2.58. The molecule has 0 radical (unpaired) electrons. The zero-order valence-corrected chi connectivity index (χ0v) is 14.3. The lowest BCUT2D eigenvalue weighted by Gasteiger charge is -2.20. The van der Waals surface area contributed by atoms with Crippen LogP contribution >= 0.6 is 0 Å². The van der Waals surface area contributed by atoms with Crippen LogP contribution in [0.1, 0.15) is 37.8 Å². The molecular formula is C18H24N6. The minimum Gasteiger partial charge on any atom is -0.382 e. The average molecular weight is 324 g/mol. The highest BCUT2D eigenvalue weighted by Crippen LogP contribution is 2.25. The molecular weight excluding hydrogens is 300 g/mol. The third kappa shape index (κ3) is 4.21. The van der Waals surface area contributed by atoms with E-state index in [-0.39, 0.29) is 17.3 Å². The molecule has 1 heterocycles. The Morgan fingerprint density at radius 2 is 1.83 bits per heavy atom. The molecule has 4 N–H and O–H groups in total. The van der Waals surface area contributed by atoms with Gasteiger partial charge in [0.25, 0.3) is 0 Å². The summed E-state index contributed by atoms with van der Waals surface area (Å²) in [7, 11) is 0. The lowest BCUT2D eigenvalue weighted by Crippen LogP contribution is -2.23. The van der Waals surface area contributed by atoms with Crippen LogP contribution in [0, 0.1) is 11.3 Å². The van der Waals surface area contributed by atoms with Gasteiger partial charge in [0.2, 0.25) is 5.95 Å². The summed E-state index contributed by atoms with van der Waals surface area (Å²) in [4.78, 5) is 10.4. The number of unbranched alkanes of at least 4 members (excludes halogenated alkanes) is 1. The predicted molar refractivity (Wildman–Crippen MR) is 96.9 cm³/mol. The quantitative estimate of drug-likeness (QED) is 0.811. The first-order valence-corrected chi connectivity index (χ1v) is 8.23. The van der Waals surface area contributed by atoms with Crippen LogP contribution in [0.2, 0.25) is 0 Å². The first-order chi connectivity index (χ1) is 11.6. The lowest BCUT2D eigenvalue weighted by molar-refractivity contribution is 0.275. The number of nitrogen functional groups attached to an aromatic ring is 2. The first-order valence-electron chi connectivity index (χ1n) is 8.23. The molecule has 2 aromatic rings. The summed E-state index contributed by atoms with van der Waals surface area (Å²) in [6.07, 6.45) is 2.40. The molecule has 0 atom stereocenters. The Morgan fingerprint density at radius 1 is 1.12 bits per heavy atom. The van der Waals surface area contributed by atoms with Crippen molar-refractivity contribution in [1.29, 1.82) is 5.26 Å². The molecule has 0 fully saturated rings. The van der Waals surface area contributed by atoms with Gasteiger partial charge in [-0.3, -0.25) is 4.90 Å². The number of nitrogens with two attached hydrogens (primary N) is 2. The van der Waals surface area contributed by atoms with E-state index >= 15 is 0 Å². The van der Waals surface area contributed by atoms with Crippen LogP contribution in [0.3, 0.4) is 0 Å². The maximum atomic E-state index is 9.28. The van der Waals surface area contributed by atoms with Crippen molar-refractivity contribution in [2.45, 2.75) is 33.2 Å². The molecule has 1 aromatic heterocycles. The number of rotatable bonds is 7. The molecule has 24 heavy (non-hydrogen) atoms. The molecule has 0 amide bonds. The van der Waals surface area contributed by atoms with Gasteiger partial charge in [0.1, 0.15) is 17.5 Å². The van der Waals surface area contributed by atoms with Gasteiger partial charge in [-0.2, -0.15) is 10.2 Å². The Kier molecular flexibility index (Phi) is 6.10. The highest BCUT2D eigenvalue weighted by Gasteiger charge is 2.13. The van der Waals surface area contributed by atoms with Crippen molar-refractivity contribution in [3.8, 4) is 17.3 Å². The highest BCUT2D eigenvalue weighted by molar-refractivity contribution is 5.73. The molecule has 0 aliphatic heterocycles. The number of benzene rings is 1. The zero-order valence-electron chi connectivity index (χ0n) is 14.3. The largest absolute Gasteiger partial charge is 0.382 e. The second kappa shape index (κ2) is 8.27. The first kappa shape index (κ1) is 17.7. The van der Waals surface area contributed by atoms with Gasteiger partial charge in [0, 0.05) is 12.1 Å². The van der Waals surface area contributed by atoms with Crippen LogP contribution in [-0.4, -0.2) is 28.0 Å². The summed E-state index contributed by atoms with van der Waals surface area (Å²) in [5.41, 5.74) is 14.2. The maximum absolute atomic E-state index is 9.28. The van der Waals surface area contributed by atoms with E-state index in [0.717, 1.165) is 25.2 Å². The Balaban J connectivity index is 2.23. The summed E-state index contributed by atoms with van der Waals surface area (Å²) in [6.45, 7) is 7.42. The number of nitrogens with zero attached hydrogens (tertiary/aromatic N) is 4. The van der Waals surface area contributed by atoms with E-state index in [1.54, 1.807) is 0 Å². The molecule has 6 heteroatoms. The Morgan fingerprint density at radius 3 is 2.42 bits per heavy atom. The van der Waals surface area contributed by atoms with E-state index < -0.39 is 0 Å². The van der Waals surface area contributed by atoms with E-state index in [1.807, 2.05) is 12.1 Å². The normalized spacial score (nSPS) is 10.8. The van der Waals surface area contributed by atoms with Crippen LogP contribution in [0.4, 0.5) is 11.8 Å². The van der Waals surface area contributed by atoms with E-state index in [1.165, 1.54) is 18.4 Å². The van der Waals surface area contributed by atoms with E-state index in [2.05, 4.69) is 46.9 Å². The summed E-state index contributed by atoms with van der Waals surface area (Å²) in [5, 5.41) is 9.28. The minimum atomic E-state index is 0.0716. The molecule has 0 saturated heterocycles. The highest BCUT2D eigenvalue weighted by atomic mass is 15.1.